The molecular formula is C21H27N5O5. The predicted molar refractivity (Wildman–Crippen MR) is 115 cm³/mol. The van der Waals surface area contributed by atoms with Crippen molar-refractivity contribution in [1.29, 1.82) is 0 Å². The van der Waals surface area contributed by atoms with Crippen molar-refractivity contribution >= 4 is 34.3 Å². The number of aromatic nitrogens is 2. The molecule has 2 aromatic rings. The summed E-state index contributed by atoms with van der Waals surface area (Å²) in [4.78, 5) is 53.6. The maximum Gasteiger partial charge on any atom is 0.262 e. The summed E-state index contributed by atoms with van der Waals surface area (Å²) in [5.74, 6) is -0.734. The zero-order valence-electron chi connectivity index (χ0n) is 17.5. The van der Waals surface area contributed by atoms with Gasteiger partial charge in [-0.1, -0.05) is 6.07 Å². The molecule has 4 N–H and O–H groups in total. The van der Waals surface area contributed by atoms with Gasteiger partial charge in [-0.15, -0.1) is 0 Å². The Morgan fingerprint density at radius 1 is 1.29 bits per heavy atom. The van der Waals surface area contributed by atoms with E-state index < -0.39 is 11.9 Å². The number of benzene rings is 1. The highest BCUT2D eigenvalue weighted by molar-refractivity contribution is 6.01. The van der Waals surface area contributed by atoms with E-state index in [1.807, 2.05) is 0 Å². The van der Waals surface area contributed by atoms with Crippen LogP contribution in [-0.2, 0) is 19.1 Å². The lowest BCUT2D eigenvalue weighted by Crippen LogP contribution is -2.45. The quantitative estimate of drug-likeness (QED) is 0.394. The predicted octanol–water partition coefficient (Wildman–Crippen LogP) is 0.767. The summed E-state index contributed by atoms with van der Waals surface area (Å²) >= 11 is 0. The van der Waals surface area contributed by atoms with E-state index in [4.69, 9.17) is 10.5 Å². The first-order valence-corrected chi connectivity index (χ1v) is 10.4. The van der Waals surface area contributed by atoms with Crippen molar-refractivity contribution < 1.29 is 19.1 Å². The number of ether oxygens (including phenoxy) is 1. The molecule has 2 heterocycles. The molecule has 3 rings (SSSR count). The van der Waals surface area contributed by atoms with Gasteiger partial charge in [0.1, 0.15) is 17.4 Å². The van der Waals surface area contributed by atoms with E-state index in [-0.39, 0.29) is 36.6 Å². The molecule has 0 bridgehead atoms. The lowest BCUT2D eigenvalue weighted by Gasteiger charge is -2.24. The number of carbonyl (C=O) groups is 3. The van der Waals surface area contributed by atoms with Gasteiger partial charge in [0.25, 0.3) is 5.56 Å². The topological polar surface area (TPSA) is 145 Å². The number of nitrogens with one attached hydrogen (secondary N) is 2. The Hall–Kier alpha value is -3.11. The number of nitrogens with two attached hydrogens (primary N) is 1. The number of carbonyl (C=O) groups excluding carboxylic acids is 3. The average molecular weight is 429 g/mol. The van der Waals surface area contributed by atoms with Gasteiger partial charge in [-0.05, 0) is 44.9 Å². The number of para-hydroxylation sites is 1. The molecule has 0 spiro atoms. The van der Waals surface area contributed by atoms with Crippen LogP contribution in [0.1, 0.15) is 44.0 Å². The summed E-state index contributed by atoms with van der Waals surface area (Å²) in [5.41, 5.74) is 5.81. The maximum atomic E-state index is 13.1. The van der Waals surface area contributed by atoms with Crippen LogP contribution in [0.3, 0.4) is 0 Å². The Morgan fingerprint density at radius 2 is 2.06 bits per heavy atom. The SMILES string of the molecule is Cc1nc2c(NC(=O)CCCOCCCN)cccc2c(=O)n1C1CCC(=O)NC1=O. The smallest absolute Gasteiger partial charge is 0.262 e. The number of fused-ring (bicyclic) bond motifs is 1. The molecule has 166 valence electrons. The lowest BCUT2D eigenvalue weighted by molar-refractivity contribution is -0.135. The normalized spacial score (nSPS) is 16.4. The molecular weight excluding hydrogens is 402 g/mol. The molecule has 1 unspecified atom stereocenters. The fraction of sp³-hybridized carbons (Fsp3) is 0.476. The molecule has 1 aliphatic rings. The summed E-state index contributed by atoms with van der Waals surface area (Å²) in [5, 5.41) is 5.36. The zero-order chi connectivity index (χ0) is 22.4. The first kappa shape index (κ1) is 22.6. The van der Waals surface area contributed by atoms with E-state index in [2.05, 4.69) is 15.6 Å². The van der Waals surface area contributed by atoms with Crippen LogP contribution in [0.15, 0.2) is 23.0 Å². The van der Waals surface area contributed by atoms with Crippen molar-refractivity contribution in [3.63, 3.8) is 0 Å². The fourth-order valence-electron chi connectivity index (χ4n) is 3.56. The van der Waals surface area contributed by atoms with E-state index in [1.54, 1.807) is 25.1 Å². The highest BCUT2D eigenvalue weighted by atomic mass is 16.5. The molecule has 0 aliphatic carbocycles. The van der Waals surface area contributed by atoms with Gasteiger partial charge in [-0.3, -0.25) is 29.1 Å². The number of piperidine rings is 1. The van der Waals surface area contributed by atoms with Gasteiger partial charge in [-0.2, -0.15) is 0 Å². The number of hydrogen-bond acceptors (Lipinski definition) is 7. The van der Waals surface area contributed by atoms with Crippen molar-refractivity contribution in [2.45, 2.75) is 45.1 Å². The molecule has 1 aromatic carbocycles. The van der Waals surface area contributed by atoms with Crippen molar-refractivity contribution in [3.8, 4) is 0 Å². The van der Waals surface area contributed by atoms with Crippen LogP contribution in [-0.4, -0.2) is 47.0 Å². The second-order valence-electron chi connectivity index (χ2n) is 7.41. The Morgan fingerprint density at radius 3 is 2.81 bits per heavy atom. The van der Waals surface area contributed by atoms with Gasteiger partial charge >= 0.3 is 0 Å². The molecule has 1 atom stereocenters. The number of nitrogens with zero attached hydrogens (tertiary/aromatic N) is 2. The number of imide groups is 1. The molecule has 0 saturated carbocycles. The average Bonchev–Trinajstić information content (AvgIpc) is 2.73. The molecule has 31 heavy (non-hydrogen) atoms. The minimum Gasteiger partial charge on any atom is -0.381 e. The minimum absolute atomic E-state index is 0.159. The van der Waals surface area contributed by atoms with Crippen LogP contribution >= 0.6 is 0 Å². The Balaban J connectivity index is 1.78. The van der Waals surface area contributed by atoms with Gasteiger partial charge in [0.15, 0.2) is 0 Å². The van der Waals surface area contributed by atoms with Gasteiger partial charge in [-0.25, -0.2) is 4.98 Å². The molecule has 10 nitrogen and oxygen atoms in total. The van der Waals surface area contributed by atoms with E-state index in [1.165, 1.54) is 4.57 Å². The second-order valence-corrected chi connectivity index (χ2v) is 7.41. The van der Waals surface area contributed by atoms with Crippen LogP contribution in [0.2, 0.25) is 0 Å². The van der Waals surface area contributed by atoms with Crippen molar-refractivity contribution in [1.82, 2.24) is 14.9 Å². The summed E-state index contributed by atoms with van der Waals surface area (Å²) in [6.07, 6.45) is 2.01. The van der Waals surface area contributed by atoms with Gasteiger partial charge in [0.05, 0.1) is 11.1 Å². The molecule has 1 saturated heterocycles. The standard InChI is InChI=1S/C21H27N5O5/c1-13-23-19-14(21(30)26(13)16-8-9-18(28)25-20(16)29)5-2-6-15(19)24-17(27)7-3-11-31-12-4-10-22/h2,5-6,16H,3-4,7-12,22H2,1H3,(H,24,27)(H,25,28,29). The third kappa shape index (κ3) is 5.33. The molecule has 10 heteroatoms. The lowest BCUT2D eigenvalue weighted by atomic mass is 10.1. The van der Waals surface area contributed by atoms with Gasteiger partial charge < -0.3 is 15.8 Å². The van der Waals surface area contributed by atoms with E-state index in [0.717, 1.165) is 6.42 Å². The zero-order valence-corrected chi connectivity index (χ0v) is 17.5. The molecule has 1 aromatic heterocycles. The monoisotopic (exact) mass is 429 g/mol. The van der Waals surface area contributed by atoms with Crippen LogP contribution in [0.5, 0.6) is 0 Å². The van der Waals surface area contributed by atoms with Crippen molar-refractivity contribution in [3.05, 3.63) is 34.4 Å². The summed E-state index contributed by atoms with van der Waals surface area (Å²) in [6, 6.07) is 4.15. The molecule has 1 aliphatic heterocycles. The Labute approximate surface area is 179 Å². The third-order valence-corrected chi connectivity index (χ3v) is 5.09. The number of anilines is 1. The van der Waals surface area contributed by atoms with Crippen LogP contribution in [0.25, 0.3) is 10.9 Å². The number of amides is 3. The van der Waals surface area contributed by atoms with E-state index in [0.29, 0.717) is 48.6 Å². The van der Waals surface area contributed by atoms with E-state index in [9.17, 15) is 19.2 Å². The summed E-state index contributed by atoms with van der Waals surface area (Å²) < 4.78 is 6.71. The van der Waals surface area contributed by atoms with Crippen molar-refractivity contribution in [2.75, 3.05) is 25.1 Å². The number of hydrogen-bond donors (Lipinski definition) is 3. The Bertz CT molecular complexity index is 1050. The molecule has 1 fully saturated rings. The van der Waals surface area contributed by atoms with Crippen molar-refractivity contribution in [2.24, 2.45) is 5.73 Å². The fourth-order valence-corrected chi connectivity index (χ4v) is 3.56. The van der Waals surface area contributed by atoms with Crippen LogP contribution in [0.4, 0.5) is 5.69 Å². The summed E-state index contributed by atoms with van der Waals surface area (Å²) in [7, 11) is 0. The first-order chi connectivity index (χ1) is 14.9. The molecule has 3 amide bonds. The summed E-state index contributed by atoms with van der Waals surface area (Å²) in [6.45, 7) is 3.24. The van der Waals surface area contributed by atoms with Crippen LogP contribution in [0, 0.1) is 6.92 Å². The third-order valence-electron chi connectivity index (χ3n) is 5.09. The Kier molecular flexibility index (Phi) is 7.48. The minimum atomic E-state index is -0.792. The highest BCUT2D eigenvalue weighted by Gasteiger charge is 2.30. The first-order valence-electron chi connectivity index (χ1n) is 10.4. The van der Waals surface area contributed by atoms with Gasteiger partial charge in [0.2, 0.25) is 17.7 Å². The number of rotatable bonds is 9. The largest absolute Gasteiger partial charge is 0.381 e. The number of aryl methyl sites for hydroxylation is 1. The molecule has 0 radical (unpaired) electrons. The van der Waals surface area contributed by atoms with Crippen LogP contribution < -0.4 is 21.9 Å². The maximum absolute atomic E-state index is 13.1. The second kappa shape index (κ2) is 10.3. The van der Waals surface area contributed by atoms with E-state index >= 15 is 0 Å². The highest BCUT2D eigenvalue weighted by Crippen LogP contribution is 2.23. The van der Waals surface area contributed by atoms with Gasteiger partial charge in [0, 0.05) is 26.1 Å².